The molecule has 0 saturated carbocycles. The predicted octanol–water partition coefficient (Wildman–Crippen LogP) is 1.24. The minimum Gasteiger partial charge on any atom is -0.497 e. The van der Waals surface area contributed by atoms with Gasteiger partial charge in [0.2, 0.25) is 0 Å². The normalized spacial score (nSPS) is 14.9. The maximum Gasteiger partial charge on any atom is 0.275 e. The first kappa shape index (κ1) is 19.3. The fraction of sp³-hybridized carbons (Fsp3) is 0.348. The lowest BCUT2D eigenvalue weighted by molar-refractivity contribution is -0.892. The van der Waals surface area contributed by atoms with Gasteiger partial charge in [0.1, 0.15) is 5.75 Å². The Labute approximate surface area is 171 Å². The highest BCUT2D eigenvalue weighted by molar-refractivity contribution is 5.83. The van der Waals surface area contributed by atoms with Crippen molar-refractivity contribution in [2.24, 2.45) is 0 Å². The fourth-order valence-electron chi connectivity index (χ4n) is 4.03. The number of nitrogens with zero attached hydrogens (tertiary/aromatic N) is 1. The van der Waals surface area contributed by atoms with Gasteiger partial charge in [0, 0.05) is 35.4 Å². The molecule has 0 spiro atoms. The molecular weight excluding hydrogens is 364 g/mol. The molecule has 0 atom stereocenters. The molecule has 0 aliphatic carbocycles. The van der Waals surface area contributed by atoms with E-state index in [1.54, 1.807) is 7.11 Å². The third-order valence-electron chi connectivity index (χ3n) is 5.69. The van der Waals surface area contributed by atoms with Crippen molar-refractivity contribution in [3.05, 3.63) is 60.3 Å². The number of carbonyl (C=O) groups excluding carboxylic acids is 1. The van der Waals surface area contributed by atoms with E-state index in [-0.39, 0.29) is 5.91 Å². The largest absolute Gasteiger partial charge is 0.497 e. The van der Waals surface area contributed by atoms with Gasteiger partial charge in [0.15, 0.2) is 6.54 Å². The zero-order valence-electron chi connectivity index (χ0n) is 16.9. The van der Waals surface area contributed by atoms with E-state index in [0.717, 1.165) is 43.9 Å². The van der Waals surface area contributed by atoms with Gasteiger partial charge in [-0.3, -0.25) is 4.79 Å². The van der Waals surface area contributed by atoms with Gasteiger partial charge in [-0.05, 0) is 30.2 Å². The standard InChI is InChI=1S/C23H28N4O2/c1-29-20-6-4-5-19(15-20)27-13-11-26(12-14-27)17-23(28)24-10-9-18-16-25-22-8-3-2-7-21(18)22/h2-8,15-16,25H,9-14,17H2,1H3,(H,24,28)/p+1. The number of benzene rings is 2. The van der Waals surface area contributed by atoms with E-state index in [4.69, 9.17) is 4.74 Å². The Morgan fingerprint density at radius 1 is 1.17 bits per heavy atom. The van der Waals surface area contributed by atoms with Crippen molar-refractivity contribution in [3.8, 4) is 5.75 Å². The van der Waals surface area contributed by atoms with Gasteiger partial charge in [-0.15, -0.1) is 0 Å². The molecule has 1 saturated heterocycles. The molecule has 3 aromatic rings. The van der Waals surface area contributed by atoms with Gasteiger partial charge in [-0.2, -0.15) is 0 Å². The van der Waals surface area contributed by atoms with Crippen LogP contribution in [0.3, 0.4) is 0 Å². The number of anilines is 1. The van der Waals surface area contributed by atoms with Crippen molar-refractivity contribution >= 4 is 22.5 Å². The molecule has 0 radical (unpaired) electrons. The summed E-state index contributed by atoms with van der Waals surface area (Å²) in [6, 6.07) is 16.4. The van der Waals surface area contributed by atoms with E-state index < -0.39 is 0 Å². The van der Waals surface area contributed by atoms with Crippen LogP contribution in [0.15, 0.2) is 54.7 Å². The van der Waals surface area contributed by atoms with E-state index in [1.807, 2.05) is 30.5 Å². The Kier molecular flexibility index (Phi) is 6.00. The van der Waals surface area contributed by atoms with Gasteiger partial charge in [-0.25, -0.2) is 0 Å². The number of H-pyrrole nitrogens is 1. The number of aromatic nitrogens is 1. The monoisotopic (exact) mass is 393 g/mol. The first-order valence-electron chi connectivity index (χ1n) is 10.3. The Balaban J connectivity index is 1.21. The number of carbonyl (C=O) groups is 1. The number of hydrogen-bond donors (Lipinski definition) is 3. The van der Waals surface area contributed by atoms with Crippen molar-refractivity contribution in [3.63, 3.8) is 0 Å². The average Bonchev–Trinajstić information content (AvgIpc) is 3.17. The van der Waals surface area contributed by atoms with Gasteiger partial charge in [0.25, 0.3) is 5.91 Å². The Bertz CT molecular complexity index is 960. The Hall–Kier alpha value is -2.99. The van der Waals surface area contributed by atoms with Crippen molar-refractivity contribution < 1.29 is 14.4 Å². The maximum atomic E-state index is 12.4. The number of amides is 1. The number of para-hydroxylation sites is 1. The fourth-order valence-corrected chi connectivity index (χ4v) is 4.03. The molecule has 1 aliphatic rings. The molecule has 1 fully saturated rings. The molecule has 0 bridgehead atoms. The second kappa shape index (κ2) is 9.01. The van der Waals surface area contributed by atoms with Crippen LogP contribution in [0.5, 0.6) is 5.75 Å². The molecule has 6 heteroatoms. The zero-order chi connectivity index (χ0) is 20.1. The second-order valence-corrected chi connectivity index (χ2v) is 7.57. The van der Waals surface area contributed by atoms with Crippen LogP contribution in [0.1, 0.15) is 5.56 Å². The SMILES string of the molecule is COc1cccc(N2CC[NH+](CC(=O)NCCc3c[nH]c4ccccc34)CC2)c1. The summed E-state index contributed by atoms with van der Waals surface area (Å²) in [6.45, 7) is 5.04. The number of nitrogens with one attached hydrogen (secondary N) is 3. The Morgan fingerprint density at radius 3 is 2.83 bits per heavy atom. The molecule has 152 valence electrons. The topological polar surface area (TPSA) is 61.8 Å². The van der Waals surface area contributed by atoms with E-state index in [9.17, 15) is 4.79 Å². The van der Waals surface area contributed by atoms with Gasteiger partial charge >= 0.3 is 0 Å². The summed E-state index contributed by atoms with van der Waals surface area (Å²) >= 11 is 0. The minimum atomic E-state index is 0.134. The molecule has 1 aliphatic heterocycles. The summed E-state index contributed by atoms with van der Waals surface area (Å²) in [5.41, 5.74) is 3.58. The van der Waals surface area contributed by atoms with Gasteiger partial charge in [0.05, 0.1) is 33.3 Å². The van der Waals surface area contributed by atoms with Gasteiger partial charge < -0.3 is 24.8 Å². The summed E-state index contributed by atoms with van der Waals surface area (Å²) in [5, 5.41) is 4.32. The number of ether oxygens (including phenoxy) is 1. The number of piperazine rings is 1. The molecule has 4 rings (SSSR count). The summed E-state index contributed by atoms with van der Waals surface area (Å²) < 4.78 is 5.32. The zero-order valence-corrected chi connectivity index (χ0v) is 16.9. The summed E-state index contributed by atoms with van der Waals surface area (Å²) in [7, 11) is 1.69. The van der Waals surface area contributed by atoms with Crippen LogP contribution in [-0.2, 0) is 11.2 Å². The number of quaternary nitrogens is 1. The van der Waals surface area contributed by atoms with E-state index in [1.165, 1.54) is 21.5 Å². The van der Waals surface area contributed by atoms with Crippen molar-refractivity contribution in [2.75, 3.05) is 51.3 Å². The first-order chi connectivity index (χ1) is 14.2. The molecule has 2 heterocycles. The third kappa shape index (κ3) is 4.71. The number of rotatable bonds is 7. The quantitative estimate of drug-likeness (QED) is 0.566. The second-order valence-electron chi connectivity index (χ2n) is 7.57. The summed E-state index contributed by atoms with van der Waals surface area (Å²) in [6.07, 6.45) is 2.88. The maximum absolute atomic E-state index is 12.4. The predicted molar refractivity (Wildman–Crippen MR) is 116 cm³/mol. The van der Waals surface area contributed by atoms with E-state index in [0.29, 0.717) is 13.1 Å². The molecule has 1 amide bonds. The lowest BCUT2D eigenvalue weighted by Crippen LogP contribution is -3.16. The smallest absolute Gasteiger partial charge is 0.275 e. The van der Waals surface area contributed by atoms with Crippen LogP contribution >= 0.6 is 0 Å². The number of hydrogen-bond acceptors (Lipinski definition) is 3. The first-order valence-corrected chi connectivity index (χ1v) is 10.3. The van der Waals surface area contributed by atoms with E-state index >= 15 is 0 Å². The molecule has 0 unspecified atom stereocenters. The lowest BCUT2D eigenvalue weighted by atomic mass is 10.1. The number of fused-ring (bicyclic) bond motifs is 1. The molecule has 1 aromatic heterocycles. The van der Waals surface area contributed by atoms with Crippen LogP contribution in [0.2, 0.25) is 0 Å². The lowest BCUT2D eigenvalue weighted by Gasteiger charge is -2.33. The molecule has 2 aromatic carbocycles. The highest BCUT2D eigenvalue weighted by Crippen LogP contribution is 2.20. The van der Waals surface area contributed by atoms with Gasteiger partial charge in [-0.1, -0.05) is 24.3 Å². The molecule has 29 heavy (non-hydrogen) atoms. The van der Waals surface area contributed by atoms with Crippen LogP contribution < -0.4 is 19.9 Å². The highest BCUT2D eigenvalue weighted by Gasteiger charge is 2.22. The Morgan fingerprint density at radius 2 is 2.00 bits per heavy atom. The minimum absolute atomic E-state index is 0.134. The van der Waals surface area contributed by atoms with Crippen molar-refractivity contribution in [1.82, 2.24) is 10.3 Å². The number of methoxy groups -OCH3 is 1. The van der Waals surface area contributed by atoms with Crippen molar-refractivity contribution in [2.45, 2.75) is 6.42 Å². The highest BCUT2D eigenvalue weighted by atomic mass is 16.5. The van der Waals surface area contributed by atoms with Crippen LogP contribution in [0.25, 0.3) is 10.9 Å². The molecule has 3 N–H and O–H groups in total. The molecular formula is C23H29N4O2+. The van der Waals surface area contributed by atoms with Crippen LogP contribution in [0.4, 0.5) is 5.69 Å². The molecule has 6 nitrogen and oxygen atoms in total. The summed E-state index contributed by atoms with van der Waals surface area (Å²) in [4.78, 5) is 19.4. The third-order valence-corrected chi connectivity index (χ3v) is 5.69. The summed E-state index contributed by atoms with van der Waals surface area (Å²) in [5.74, 6) is 1.02. The average molecular weight is 394 g/mol. The van der Waals surface area contributed by atoms with Crippen LogP contribution in [0, 0.1) is 0 Å². The van der Waals surface area contributed by atoms with Crippen LogP contribution in [-0.4, -0.2) is 57.3 Å². The van der Waals surface area contributed by atoms with Crippen molar-refractivity contribution in [1.29, 1.82) is 0 Å². The number of aromatic amines is 1. The van der Waals surface area contributed by atoms with E-state index in [2.05, 4.69) is 39.5 Å².